The average molecular weight is 462 g/mol. The third-order valence-electron chi connectivity index (χ3n) is 5.00. The first-order chi connectivity index (χ1) is 14.3. The van der Waals surface area contributed by atoms with Gasteiger partial charge in [0.05, 0.1) is 11.1 Å². The maximum Gasteiger partial charge on any atom is 0.419 e. The first-order valence-electron chi connectivity index (χ1n) is 9.88. The van der Waals surface area contributed by atoms with E-state index in [0.29, 0.717) is 12.5 Å². The molecule has 1 saturated carbocycles. The van der Waals surface area contributed by atoms with Gasteiger partial charge in [-0.25, -0.2) is 4.79 Å². The number of rotatable bonds is 7. The first kappa shape index (κ1) is 25.0. The van der Waals surface area contributed by atoms with Crippen molar-refractivity contribution in [1.29, 1.82) is 0 Å². The number of hydrogen-bond acceptors (Lipinski definition) is 5. The molecule has 0 aliphatic heterocycles. The Morgan fingerprint density at radius 1 is 1.26 bits per heavy atom. The number of carbonyl (C=O) groups excluding carboxylic acids is 1. The van der Waals surface area contributed by atoms with Crippen LogP contribution in [0.1, 0.15) is 61.9 Å². The highest BCUT2D eigenvalue weighted by molar-refractivity contribution is 7.85. The van der Waals surface area contributed by atoms with Crippen molar-refractivity contribution in [3.63, 3.8) is 0 Å². The molecule has 0 amide bonds. The molecule has 6 nitrogen and oxygen atoms in total. The van der Waals surface area contributed by atoms with E-state index in [0.717, 1.165) is 37.8 Å². The summed E-state index contributed by atoms with van der Waals surface area (Å²) in [5.41, 5.74) is -2.51. The third-order valence-corrected chi connectivity index (χ3v) is 5.69. The highest BCUT2D eigenvalue weighted by Gasteiger charge is 2.37. The lowest BCUT2D eigenvalue weighted by Crippen LogP contribution is -2.31. The molecular weight excluding hydrogens is 437 g/mol. The SMILES string of the molecule is CCC(C)(C#CC1CCCC1)Oc1cc(C(=O)OCCS(=O)(=O)O)ccc1C(F)(F)F. The maximum absolute atomic E-state index is 13.5. The molecule has 0 saturated heterocycles. The number of hydrogen-bond donors (Lipinski definition) is 1. The molecule has 10 heteroatoms. The molecule has 0 bridgehead atoms. The molecule has 0 aromatic heterocycles. The second-order valence-corrected chi connectivity index (χ2v) is 9.14. The molecule has 0 heterocycles. The Labute approximate surface area is 179 Å². The molecule has 1 unspecified atom stereocenters. The first-order valence-corrected chi connectivity index (χ1v) is 11.5. The van der Waals surface area contributed by atoms with Gasteiger partial charge in [0.1, 0.15) is 18.1 Å². The van der Waals surface area contributed by atoms with E-state index in [2.05, 4.69) is 11.8 Å². The lowest BCUT2D eigenvalue weighted by molar-refractivity contribution is -0.139. The zero-order valence-electron chi connectivity index (χ0n) is 17.3. The van der Waals surface area contributed by atoms with E-state index in [9.17, 15) is 26.4 Å². The molecule has 0 spiro atoms. The Morgan fingerprint density at radius 2 is 1.90 bits per heavy atom. The zero-order valence-corrected chi connectivity index (χ0v) is 18.1. The van der Waals surface area contributed by atoms with E-state index in [1.165, 1.54) is 0 Å². The summed E-state index contributed by atoms with van der Waals surface area (Å²) in [7, 11) is -4.34. The van der Waals surface area contributed by atoms with Crippen molar-refractivity contribution in [1.82, 2.24) is 0 Å². The van der Waals surface area contributed by atoms with Crippen LogP contribution < -0.4 is 4.74 Å². The number of esters is 1. The minimum atomic E-state index is -4.73. The van der Waals surface area contributed by atoms with Crippen LogP contribution in [0.25, 0.3) is 0 Å². The number of benzene rings is 1. The van der Waals surface area contributed by atoms with E-state index in [1.807, 2.05) is 0 Å². The fourth-order valence-electron chi connectivity index (χ4n) is 3.04. The lowest BCUT2D eigenvalue weighted by Gasteiger charge is -2.26. The largest absolute Gasteiger partial charge is 0.474 e. The predicted octanol–water partition coefficient (Wildman–Crippen LogP) is 4.49. The van der Waals surface area contributed by atoms with Gasteiger partial charge in [0.25, 0.3) is 10.1 Å². The summed E-state index contributed by atoms with van der Waals surface area (Å²) < 4.78 is 81.0. The van der Waals surface area contributed by atoms with Crippen LogP contribution in [0, 0.1) is 17.8 Å². The van der Waals surface area contributed by atoms with Crippen molar-refractivity contribution in [3.05, 3.63) is 29.3 Å². The minimum Gasteiger partial charge on any atom is -0.474 e. The molecule has 1 atom stereocenters. The standard InChI is InChI=1S/C21H25F3O6S/c1-3-20(2,11-10-15-6-4-5-7-15)30-18-14-16(8-9-17(18)21(22,23)24)19(25)29-12-13-31(26,27)28/h8-9,14-15H,3-7,12-13H2,1-2H3,(H,26,27,28). The van der Waals surface area contributed by atoms with E-state index >= 15 is 0 Å². The summed E-state index contributed by atoms with van der Waals surface area (Å²) in [5.74, 6) is 3.82. The molecule has 31 heavy (non-hydrogen) atoms. The van der Waals surface area contributed by atoms with E-state index in [-0.39, 0.29) is 11.5 Å². The van der Waals surface area contributed by atoms with Gasteiger partial charge in [0.2, 0.25) is 0 Å². The smallest absolute Gasteiger partial charge is 0.419 e. The fraction of sp³-hybridized carbons (Fsp3) is 0.571. The maximum atomic E-state index is 13.5. The Morgan fingerprint density at radius 3 is 2.45 bits per heavy atom. The van der Waals surface area contributed by atoms with Crippen molar-refractivity contribution in [3.8, 4) is 17.6 Å². The topological polar surface area (TPSA) is 89.9 Å². The molecule has 1 N–H and O–H groups in total. The summed E-state index contributed by atoms with van der Waals surface area (Å²) in [6.45, 7) is 2.69. The second kappa shape index (κ2) is 9.92. The summed E-state index contributed by atoms with van der Waals surface area (Å²) in [4.78, 5) is 12.1. The van der Waals surface area contributed by atoms with Crippen LogP contribution in [-0.4, -0.2) is 36.9 Å². The van der Waals surface area contributed by atoms with Crippen molar-refractivity contribution >= 4 is 16.1 Å². The van der Waals surface area contributed by atoms with Gasteiger partial charge in [-0.1, -0.05) is 31.6 Å². The minimum absolute atomic E-state index is 0.195. The summed E-state index contributed by atoms with van der Waals surface area (Å²) in [6, 6.07) is 2.53. The highest BCUT2D eigenvalue weighted by atomic mass is 32.2. The highest BCUT2D eigenvalue weighted by Crippen LogP contribution is 2.38. The van der Waals surface area contributed by atoms with Gasteiger partial charge in [-0.2, -0.15) is 21.6 Å². The monoisotopic (exact) mass is 462 g/mol. The van der Waals surface area contributed by atoms with E-state index < -0.39 is 51.5 Å². The van der Waals surface area contributed by atoms with Crippen LogP contribution in [-0.2, 0) is 21.0 Å². The van der Waals surface area contributed by atoms with Crippen LogP contribution >= 0.6 is 0 Å². The molecule has 1 fully saturated rings. The average Bonchev–Trinajstić information content (AvgIpc) is 3.18. The third kappa shape index (κ3) is 7.74. The second-order valence-electron chi connectivity index (χ2n) is 7.57. The van der Waals surface area contributed by atoms with Crippen LogP contribution in [0.5, 0.6) is 5.75 Å². The van der Waals surface area contributed by atoms with Gasteiger partial charge in [-0.3, -0.25) is 4.55 Å². The van der Waals surface area contributed by atoms with E-state index in [4.69, 9.17) is 14.0 Å². The number of carbonyl (C=O) groups is 1. The summed E-state index contributed by atoms with van der Waals surface area (Å²) in [6.07, 6.45) is -0.369. The molecule has 0 radical (unpaired) electrons. The van der Waals surface area contributed by atoms with Gasteiger partial charge in [-0.15, -0.1) is 0 Å². The summed E-state index contributed by atoms with van der Waals surface area (Å²) in [5, 5.41) is 0. The van der Waals surface area contributed by atoms with Gasteiger partial charge in [-0.05, 0) is 44.4 Å². The quantitative estimate of drug-likeness (QED) is 0.365. The predicted molar refractivity (Wildman–Crippen MR) is 107 cm³/mol. The zero-order chi connectivity index (χ0) is 23.3. The molecule has 1 aromatic carbocycles. The Balaban J connectivity index is 2.29. The van der Waals surface area contributed by atoms with Crippen molar-refractivity contribution in [2.75, 3.05) is 12.4 Å². The van der Waals surface area contributed by atoms with Crippen LogP contribution in [0.2, 0.25) is 0 Å². The van der Waals surface area contributed by atoms with Crippen molar-refractivity contribution in [2.45, 2.75) is 57.7 Å². The van der Waals surface area contributed by atoms with Gasteiger partial charge in [0, 0.05) is 5.92 Å². The van der Waals surface area contributed by atoms with Crippen LogP contribution in [0.4, 0.5) is 13.2 Å². The normalized spacial score (nSPS) is 16.8. The molecule has 2 rings (SSSR count). The van der Waals surface area contributed by atoms with Crippen molar-refractivity contribution < 1.29 is 40.4 Å². The van der Waals surface area contributed by atoms with Gasteiger partial charge >= 0.3 is 12.1 Å². The molecule has 1 aromatic rings. The van der Waals surface area contributed by atoms with E-state index in [1.54, 1.807) is 13.8 Å². The summed E-state index contributed by atoms with van der Waals surface area (Å²) >= 11 is 0. The number of alkyl halides is 3. The van der Waals surface area contributed by atoms with Crippen LogP contribution in [0.15, 0.2) is 18.2 Å². The Hall–Kier alpha value is -2.25. The Kier molecular flexibility index (Phi) is 8.00. The number of ether oxygens (including phenoxy) is 2. The molecule has 1 aliphatic rings. The van der Waals surface area contributed by atoms with Gasteiger partial charge in [0.15, 0.2) is 5.60 Å². The molecule has 172 valence electrons. The van der Waals surface area contributed by atoms with Crippen LogP contribution in [0.3, 0.4) is 0 Å². The fourth-order valence-corrected chi connectivity index (χ4v) is 3.34. The lowest BCUT2D eigenvalue weighted by atomic mass is 10.0. The molecular formula is C21H25F3O6S. The molecule has 1 aliphatic carbocycles. The Bertz CT molecular complexity index is 956. The van der Waals surface area contributed by atoms with Crippen molar-refractivity contribution in [2.24, 2.45) is 5.92 Å². The number of halogens is 3. The van der Waals surface area contributed by atoms with Gasteiger partial charge < -0.3 is 9.47 Å².